The molecule has 1 aromatic carbocycles. The van der Waals surface area contributed by atoms with Gasteiger partial charge in [-0.3, -0.25) is 0 Å². The summed E-state index contributed by atoms with van der Waals surface area (Å²) in [7, 11) is 1.16. The monoisotopic (exact) mass is 188 g/mol. The van der Waals surface area contributed by atoms with Crippen molar-refractivity contribution in [3.8, 4) is 5.75 Å². The SMILES string of the molecule is COc1cc(F)c(C(=O)O)cc1F. The molecule has 0 unspecified atom stereocenters. The van der Waals surface area contributed by atoms with Crippen LogP contribution in [0, 0.1) is 11.6 Å². The Morgan fingerprint density at radius 2 is 2.00 bits per heavy atom. The fraction of sp³-hybridized carbons (Fsp3) is 0.125. The molecule has 13 heavy (non-hydrogen) atoms. The van der Waals surface area contributed by atoms with E-state index >= 15 is 0 Å². The van der Waals surface area contributed by atoms with E-state index in [1.165, 1.54) is 0 Å². The molecule has 70 valence electrons. The maximum absolute atomic E-state index is 12.8. The van der Waals surface area contributed by atoms with Crippen LogP contribution < -0.4 is 4.74 Å². The molecule has 0 saturated carbocycles. The van der Waals surface area contributed by atoms with Gasteiger partial charge in [0.1, 0.15) is 5.82 Å². The van der Waals surface area contributed by atoms with Gasteiger partial charge in [-0.2, -0.15) is 0 Å². The molecule has 0 saturated heterocycles. The first kappa shape index (κ1) is 9.44. The van der Waals surface area contributed by atoms with E-state index in [9.17, 15) is 13.6 Å². The number of benzene rings is 1. The van der Waals surface area contributed by atoms with Crippen LogP contribution in [0.25, 0.3) is 0 Å². The van der Waals surface area contributed by atoms with Gasteiger partial charge in [-0.1, -0.05) is 0 Å². The molecule has 5 heteroatoms. The van der Waals surface area contributed by atoms with Gasteiger partial charge in [0.2, 0.25) is 0 Å². The van der Waals surface area contributed by atoms with Crippen molar-refractivity contribution in [2.45, 2.75) is 0 Å². The third kappa shape index (κ3) is 1.74. The molecule has 0 aromatic heterocycles. The minimum absolute atomic E-state index is 0.317. The van der Waals surface area contributed by atoms with Crippen molar-refractivity contribution >= 4 is 5.97 Å². The summed E-state index contributed by atoms with van der Waals surface area (Å²) in [5, 5.41) is 8.41. The van der Waals surface area contributed by atoms with Crippen LogP contribution >= 0.6 is 0 Å². The summed E-state index contributed by atoms with van der Waals surface area (Å²) in [5.41, 5.74) is -0.710. The standard InChI is InChI=1S/C8H6F2O3/c1-13-7-3-5(9)4(8(11)12)2-6(7)10/h2-3H,1H3,(H,11,12). The Bertz CT molecular complexity index is 349. The first-order valence-corrected chi connectivity index (χ1v) is 3.32. The molecule has 1 N–H and O–H groups in total. The van der Waals surface area contributed by atoms with Crippen LogP contribution in [0.4, 0.5) is 8.78 Å². The maximum Gasteiger partial charge on any atom is 0.338 e. The summed E-state index contributed by atoms with van der Waals surface area (Å²) >= 11 is 0. The Labute approximate surface area is 72.6 Å². The predicted molar refractivity (Wildman–Crippen MR) is 39.9 cm³/mol. The zero-order valence-electron chi connectivity index (χ0n) is 6.67. The fourth-order valence-corrected chi connectivity index (χ4v) is 0.849. The second-order valence-electron chi connectivity index (χ2n) is 2.27. The number of halogens is 2. The highest BCUT2D eigenvalue weighted by molar-refractivity contribution is 5.88. The Morgan fingerprint density at radius 3 is 2.46 bits per heavy atom. The molecule has 0 radical (unpaired) electrons. The number of methoxy groups -OCH3 is 1. The average molecular weight is 188 g/mol. The number of aromatic carboxylic acids is 1. The van der Waals surface area contributed by atoms with Crippen LogP contribution in [0.3, 0.4) is 0 Å². The highest BCUT2D eigenvalue weighted by atomic mass is 19.1. The number of carboxylic acid groups (broad SMARTS) is 1. The van der Waals surface area contributed by atoms with Gasteiger partial charge < -0.3 is 9.84 Å². The Kier molecular flexibility index (Phi) is 2.46. The van der Waals surface area contributed by atoms with Crippen LogP contribution in [0.5, 0.6) is 5.75 Å². The van der Waals surface area contributed by atoms with E-state index in [2.05, 4.69) is 4.74 Å². The number of rotatable bonds is 2. The summed E-state index contributed by atoms with van der Waals surface area (Å²) in [6.07, 6.45) is 0. The van der Waals surface area contributed by atoms with Crippen molar-refractivity contribution < 1.29 is 23.4 Å². The quantitative estimate of drug-likeness (QED) is 0.767. The van der Waals surface area contributed by atoms with Crippen LogP contribution in [-0.2, 0) is 0 Å². The molecule has 0 spiro atoms. The lowest BCUT2D eigenvalue weighted by Crippen LogP contribution is -2.02. The Morgan fingerprint density at radius 1 is 1.38 bits per heavy atom. The number of carboxylic acids is 1. The molecule has 1 aromatic rings. The van der Waals surface area contributed by atoms with Gasteiger partial charge in [-0.05, 0) is 6.07 Å². The number of carbonyl (C=O) groups is 1. The Balaban J connectivity index is 3.28. The van der Waals surface area contributed by atoms with Crippen molar-refractivity contribution in [1.82, 2.24) is 0 Å². The van der Waals surface area contributed by atoms with Crippen molar-refractivity contribution in [3.63, 3.8) is 0 Å². The molecule has 0 aliphatic rings. The third-order valence-corrected chi connectivity index (χ3v) is 1.47. The molecule has 0 atom stereocenters. The van der Waals surface area contributed by atoms with Crippen LogP contribution in [-0.4, -0.2) is 18.2 Å². The van der Waals surface area contributed by atoms with Gasteiger partial charge >= 0.3 is 5.97 Å². The van der Waals surface area contributed by atoms with Gasteiger partial charge in [0.15, 0.2) is 11.6 Å². The zero-order chi connectivity index (χ0) is 10.0. The molecule has 0 aliphatic carbocycles. The zero-order valence-corrected chi connectivity index (χ0v) is 6.67. The predicted octanol–water partition coefficient (Wildman–Crippen LogP) is 1.67. The van der Waals surface area contributed by atoms with E-state index in [-0.39, 0.29) is 5.75 Å². The van der Waals surface area contributed by atoms with Crippen molar-refractivity contribution in [2.75, 3.05) is 7.11 Å². The van der Waals surface area contributed by atoms with Crippen molar-refractivity contribution in [2.24, 2.45) is 0 Å². The van der Waals surface area contributed by atoms with Crippen LogP contribution in [0.15, 0.2) is 12.1 Å². The minimum Gasteiger partial charge on any atom is -0.494 e. The van der Waals surface area contributed by atoms with E-state index < -0.39 is 23.2 Å². The molecule has 0 amide bonds. The number of hydrogen-bond acceptors (Lipinski definition) is 2. The van der Waals surface area contributed by atoms with Gasteiger partial charge in [0, 0.05) is 6.07 Å². The van der Waals surface area contributed by atoms with Gasteiger partial charge in [0.05, 0.1) is 12.7 Å². The first-order chi connectivity index (χ1) is 6.06. The summed E-state index contributed by atoms with van der Waals surface area (Å²) in [6.45, 7) is 0. The Hall–Kier alpha value is -1.65. The molecule has 0 heterocycles. The number of ether oxygens (including phenoxy) is 1. The lowest BCUT2D eigenvalue weighted by atomic mass is 10.2. The molecule has 0 fully saturated rings. The highest BCUT2D eigenvalue weighted by Crippen LogP contribution is 2.20. The molecule has 0 aliphatic heterocycles. The summed E-state index contributed by atoms with van der Waals surface area (Å²) < 4.78 is 30.1. The lowest BCUT2D eigenvalue weighted by Gasteiger charge is -2.03. The summed E-state index contributed by atoms with van der Waals surface area (Å²) in [5.74, 6) is -3.76. The van der Waals surface area contributed by atoms with E-state index in [1.807, 2.05) is 0 Å². The van der Waals surface area contributed by atoms with E-state index in [0.717, 1.165) is 7.11 Å². The van der Waals surface area contributed by atoms with Gasteiger partial charge in [-0.15, -0.1) is 0 Å². The van der Waals surface area contributed by atoms with Crippen molar-refractivity contribution in [3.05, 3.63) is 29.3 Å². The first-order valence-electron chi connectivity index (χ1n) is 3.32. The summed E-state index contributed by atoms with van der Waals surface area (Å²) in [4.78, 5) is 10.3. The van der Waals surface area contributed by atoms with Gasteiger partial charge in [0.25, 0.3) is 0 Å². The normalized spacial score (nSPS) is 9.77. The molecular weight excluding hydrogens is 182 g/mol. The van der Waals surface area contributed by atoms with E-state index in [4.69, 9.17) is 5.11 Å². The smallest absolute Gasteiger partial charge is 0.338 e. The molecule has 0 bridgehead atoms. The summed E-state index contributed by atoms with van der Waals surface area (Å²) in [6, 6.07) is 1.27. The van der Waals surface area contributed by atoms with Crippen LogP contribution in [0.1, 0.15) is 10.4 Å². The van der Waals surface area contributed by atoms with Crippen LogP contribution in [0.2, 0.25) is 0 Å². The molecule has 3 nitrogen and oxygen atoms in total. The van der Waals surface area contributed by atoms with E-state index in [0.29, 0.717) is 12.1 Å². The molecular formula is C8H6F2O3. The topological polar surface area (TPSA) is 46.5 Å². The minimum atomic E-state index is -1.51. The number of hydrogen-bond donors (Lipinski definition) is 1. The molecule has 1 rings (SSSR count). The maximum atomic E-state index is 12.8. The third-order valence-electron chi connectivity index (χ3n) is 1.47. The van der Waals surface area contributed by atoms with E-state index in [1.54, 1.807) is 0 Å². The fourth-order valence-electron chi connectivity index (χ4n) is 0.849. The second kappa shape index (κ2) is 3.38. The van der Waals surface area contributed by atoms with Gasteiger partial charge in [-0.25, -0.2) is 13.6 Å². The average Bonchev–Trinajstić information content (AvgIpc) is 2.07. The van der Waals surface area contributed by atoms with Crippen molar-refractivity contribution in [1.29, 1.82) is 0 Å². The second-order valence-corrected chi connectivity index (χ2v) is 2.27. The highest BCUT2D eigenvalue weighted by Gasteiger charge is 2.15. The lowest BCUT2D eigenvalue weighted by molar-refractivity contribution is 0.0691. The largest absolute Gasteiger partial charge is 0.494 e.